The minimum absolute atomic E-state index is 0.610. The lowest BCUT2D eigenvalue weighted by atomic mass is 10.5. The molecule has 0 rings (SSSR count). The number of nitrogens with one attached hydrogen (secondary N) is 1. The summed E-state index contributed by atoms with van der Waals surface area (Å²) in [5.41, 5.74) is 1.77. The third kappa shape index (κ3) is 3.01. The van der Waals surface area contributed by atoms with Crippen LogP contribution < -0.4 is 4.98 Å². The fraction of sp³-hybridized carbons (Fsp3) is 1.00. The second-order valence-electron chi connectivity index (χ2n) is 3.30. The van der Waals surface area contributed by atoms with Crippen LogP contribution in [0.15, 0.2) is 0 Å². The topological polar surface area (TPSA) is 12.0 Å². The van der Waals surface area contributed by atoms with Gasteiger partial charge in [0.2, 0.25) is 0 Å². The average Bonchev–Trinajstić information content (AvgIpc) is 1.64. The summed E-state index contributed by atoms with van der Waals surface area (Å²) < 4.78 is 0. The standard InChI is InChI=1S/C7H19NSi/c1-6(2)9(8-5)7(3)4/h6-9H,1-5H3. The van der Waals surface area contributed by atoms with Gasteiger partial charge in [0.1, 0.15) is 8.96 Å². The van der Waals surface area contributed by atoms with Crippen molar-refractivity contribution in [3.05, 3.63) is 0 Å². The van der Waals surface area contributed by atoms with E-state index in [4.69, 9.17) is 0 Å². The second kappa shape index (κ2) is 4.07. The van der Waals surface area contributed by atoms with Crippen molar-refractivity contribution in [2.75, 3.05) is 7.05 Å². The molecule has 0 heterocycles. The molecule has 0 aliphatic rings. The third-order valence-electron chi connectivity index (χ3n) is 1.77. The van der Waals surface area contributed by atoms with Gasteiger partial charge in [-0.3, -0.25) is 0 Å². The zero-order valence-electron chi connectivity index (χ0n) is 7.23. The average molecular weight is 145 g/mol. The van der Waals surface area contributed by atoms with Crippen LogP contribution in [0.4, 0.5) is 0 Å². The number of rotatable bonds is 3. The highest BCUT2D eigenvalue weighted by Gasteiger charge is 2.16. The van der Waals surface area contributed by atoms with Crippen LogP contribution in [-0.4, -0.2) is 16.0 Å². The maximum absolute atomic E-state index is 3.44. The maximum Gasteiger partial charge on any atom is 0.113 e. The van der Waals surface area contributed by atoms with Gasteiger partial charge in [-0.2, -0.15) is 0 Å². The molecule has 9 heavy (non-hydrogen) atoms. The van der Waals surface area contributed by atoms with Crippen molar-refractivity contribution >= 4 is 8.96 Å². The van der Waals surface area contributed by atoms with E-state index in [2.05, 4.69) is 39.7 Å². The van der Waals surface area contributed by atoms with Crippen LogP contribution in [0.5, 0.6) is 0 Å². The molecule has 0 bridgehead atoms. The van der Waals surface area contributed by atoms with E-state index in [0.717, 1.165) is 11.1 Å². The summed E-state index contributed by atoms with van der Waals surface area (Å²) in [6.45, 7) is 9.25. The van der Waals surface area contributed by atoms with Crippen LogP contribution in [0, 0.1) is 0 Å². The van der Waals surface area contributed by atoms with Gasteiger partial charge in [-0.1, -0.05) is 27.7 Å². The van der Waals surface area contributed by atoms with E-state index >= 15 is 0 Å². The zero-order valence-corrected chi connectivity index (χ0v) is 8.39. The Balaban J connectivity index is 3.68. The van der Waals surface area contributed by atoms with E-state index in [0.29, 0.717) is 0 Å². The Morgan fingerprint density at radius 3 is 1.33 bits per heavy atom. The second-order valence-corrected chi connectivity index (χ2v) is 7.60. The summed E-state index contributed by atoms with van der Waals surface area (Å²) in [6, 6.07) is 0. The molecule has 0 amide bonds. The molecule has 0 fully saturated rings. The minimum atomic E-state index is -0.610. The lowest BCUT2D eigenvalue weighted by Crippen LogP contribution is -2.36. The van der Waals surface area contributed by atoms with Gasteiger partial charge in [-0.05, 0) is 18.1 Å². The van der Waals surface area contributed by atoms with E-state index in [1.807, 2.05) is 0 Å². The molecule has 0 aromatic rings. The molecule has 0 aromatic carbocycles. The summed E-state index contributed by atoms with van der Waals surface area (Å²) in [6.07, 6.45) is 0. The van der Waals surface area contributed by atoms with Crippen LogP contribution >= 0.6 is 0 Å². The number of hydrogen-bond acceptors (Lipinski definition) is 1. The molecule has 0 saturated carbocycles. The van der Waals surface area contributed by atoms with Crippen LogP contribution in [0.1, 0.15) is 27.7 Å². The molecule has 0 atom stereocenters. The summed E-state index contributed by atoms with van der Waals surface area (Å²) in [5, 5.41) is 0. The fourth-order valence-corrected chi connectivity index (χ4v) is 4.31. The molecule has 0 aliphatic heterocycles. The van der Waals surface area contributed by atoms with Crippen molar-refractivity contribution in [1.29, 1.82) is 0 Å². The first kappa shape index (κ1) is 9.18. The van der Waals surface area contributed by atoms with Crippen LogP contribution in [0.3, 0.4) is 0 Å². The lowest BCUT2D eigenvalue weighted by Gasteiger charge is -2.21. The van der Waals surface area contributed by atoms with Crippen molar-refractivity contribution < 1.29 is 0 Å². The molecule has 0 unspecified atom stereocenters. The van der Waals surface area contributed by atoms with E-state index in [1.54, 1.807) is 0 Å². The Labute approximate surface area is 60.5 Å². The SMILES string of the molecule is CN[SiH](C(C)C)C(C)C. The molecule has 0 saturated heterocycles. The van der Waals surface area contributed by atoms with Crippen molar-refractivity contribution in [3.8, 4) is 0 Å². The first-order valence-corrected chi connectivity index (χ1v) is 5.68. The zero-order chi connectivity index (χ0) is 7.44. The first-order chi connectivity index (χ1) is 4.09. The summed E-state index contributed by atoms with van der Waals surface area (Å²) in [5.74, 6) is 0. The van der Waals surface area contributed by atoms with Gasteiger partial charge in [-0.15, -0.1) is 0 Å². The minimum Gasteiger partial charge on any atom is -0.342 e. The summed E-state index contributed by atoms with van der Waals surface area (Å²) >= 11 is 0. The van der Waals surface area contributed by atoms with Crippen molar-refractivity contribution in [2.45, 2.75) is 38.8 Å². The molecule has 1 nitrogen and oxygen atoms in total. The fourth-order valence-electron chi connectivity index (χ4n) is 1.44. The molecule has 56 valence electrons. The smallest absolute Gasteiger partial charge is 0.113 e. The summed E-state index contributed by atoms with van der Waals surface area (Å²) in [7, 11) is 1.48. The predicted octanol–water partition coefficient (Wildman–Crippen LogP) is 1.75. The van der Waals surface area contributed by atoms with Crippen LogP contribution in [0.25, 0.3) is 0 Å². The lowest BCUT2D eigenvalue weighted by molar-refractivity contribution is 0.889. The molecule has 0 radical (unpaired) electrons. The van der Waals surface area contributed by atoms with Gasteiger partial charge >= 0.3 is 0 Å². The molecular weight excluding hydrogens is 126 g/mol. The Kier molecular flexibility index (Phi) is 4.15. The Morgan fingerprint density at radius 1 is 1.00 bits per heavy atom. The molecular formula is C7H19NSi. The van der Waals surface area contributed by atoms with Gasteiger partial charge in [0.05, 0.1) is 0 Å². The number of hydrogen-bond donors (Lipinski definition) is 1. The van der Waals surface area contributed by atoms with Gasteiger partial charge in [0.25, 0.3) is 0 Å². The van der Waals surface area contributed by atoms with Gasteiger partial charge < -0.3 is 4.98 Å². The highest BCUT2D eigenvalue weighted by Crippen LogP contribution is 2.16. The predicted molar refractivity (Wildman–Crippen MR) is 46.4 cm³/mol. The van der Waals surface area contributed by atoms with Crippen molar-refractivity contribution in [3.63, 3.8) is 0 Å². The molecule has 0 aliphatic carbocycles. The largest absolute Gasteiger partial charge is 0.342 e. The first-order valence-electron chi connectivity index (χ1n) is 3.76. The Hall–Kier alpha value is 0.177. The molecule has 1 N–H and O–H groups in total. The van der Waals surface area contributed by atoms with Gasteiger partial charge in [-0.25, -0.2) is 0 Å². The highest BCUT2D eigenvalue weighted by atomic mass is 28.3. The molecule has 2 heteroatoms. The Bertz CT molecular complexity index is 63.3. The van der Waals surface area contributed by atoms with Gasteiger partial charge in [0.15, 0.2) is 0 Å². The van der Waals surface area contributed by atoms with Gasteiger partial charge in [0, 0.05) is 0 Å². The molecule has 0 spiro atoms. The quantitative estimate of drug-likeness (QED) is 0.597. The van der Waals surface area contributed by atoms with Crippen molar-refractivity contribution in [1.82, 2.24) is 4.98 Å². The van der Waals surface area contributed by atoms with Crippen molar-refractivity contribution in [2.24, 2.45) is 0 Å². The third-order valence-corrected chi connectivity index (χ3v) is 5.31. The van der Waals surface area contributed by atoms with E-state index in [9.17, 15) is 0 Å². The maximum atomic E-state index is 3.44. The Morgan fingerprint density at radius 2 is 1.33 bits per heavy atom. The van der Waals surface area contributed by atoms with E-state index in [-0.39, 0.29) is 0 Å². The van der Waals surface area contributed by atoms with E-state index in [1.165, 1.54) is 0 Å². The van der Waals surface area contributed by atoms with Crippen LogP contribution in [-0.2, 0) is 0 Å². The normalized spacial score (nSPS) is 12.0. The van der Waals surface area contributed by atoms with Crippen LogP contribution in [0.2, 0.25) is 11.1 Å². The van der Waals surface area contributed by atoms with E-state index < -0.39 is 8.96 Å². The summed E-state index contributed by atoms with van der Waals surface area (Å²) in [4.78, 5) is 3.44. The molecule has 0 aromatic heterocycles. The monoisotopic (exact) mass is 145 g/mol. The highest BCUT2D eigenvalue weighted by molar-refractivity contribution is 6.58.